The molecule has 0 atom stereocenters. The molecule has 0 saturated carbocycles. The van der Waals surface area contributed by atoms with Crippen LogP contribution in [0.4, 0.5) is 0 Å². The quantitative estimate of drug-likeness (QED) is 0.0506. The highest BCUT2D eigenvalue weighted by Gasteiger charge is 2.17. The molecule has 1 N–H and O–H groups in total. The van der Waals surface area contributed by atoms with Crippen molar-refractivity contribution in [2.24, 2.45) is 0 Å². The van der Waals surface area contributed by atoms with Gasteiger partial charge in [0.1, 0.15) is 23.8 Å². The molecule has 137 heavy (non-hydrogen) atoms. The maximum atomic E-state index is 11.2. The first-order valence-electron chi connectivity index (χ1n) is 46.8. The number of carbonyl (C=O) groups is 1. The van der Waals surface area contributed by atoms with Gasteiger partial charge in [-0.25, -0.2) is 4.68 Å². The molecule has 0 unspecified atom stereocenters. The van der Waals surface area contributed by atoms with Crippen molar-refractivity contribution in [2.45, 2.75) is 19.6 Å². The number of benzene rings is 2. The molecule has 1 heterocycles. The number of methoxy groups -OCH3 is 1. The van der Waals surface area contributed by atoms with E-state index in [1.807, 2.05) is 30.5 Å². The number of aromatic nitrogens is 3. The van der Waals surface area contributed by atoms with Gasteiger partial charge in [-0.15, -0.1) is 5.10 Å². The van der Waals surface area contributed by atoms with Crippen LogP contribution in [-0.4, -0.2) is 502 Å². The number of aliphatic carboxylic acids is 1. The minimum absolute atomic E-state index is 0.0470. The Bertz CT molecular complexity index is 2950. The molecule has 0 bridgehead atoms. The minimum atomic E-state index is -0.878. The van der Waals surface area contributed by atoms with E-state index in [1.165, 1.54) is 0 Å². The third-order valence-corrected chi connectivity index (χ3v) is 20.3. The van der Waals surface area contributed by atoms with Crippen molar-refractivity contribution in [3.63, 3.8) is 0 Å². The molecule has 43 nitrogen and oxygen atoms in total. The average molecular weight is 2430 g/mol. The molecule has 0 amide bonds. The second-order valence-electron chi connectivity index (χ2n) is 28.0. The molecule has 0 fully saturated rings. The maximum Gasteiger partial charge on any atom is 0.307 e. The van der Waals surface area contributed by atoms with Crippen molar-refractivity contribution in [1.82, 2.24) is 15.0 Å². The summed E-state index contributed by atoms with van der Waals surface area (Å²) in [5.74, 6) is 1.17. The summed E-state index contributed by atoms with van der Waals surface area (Å²) in [5.41, 5.74) is 1.40. The minimum Gasteiger partial charge on any atom is -0.485 e. The summed E-state index contributed by atoms with van der Waals surface area (Å²) in [5, 5.41) is 17.6. The van der Waals surface area contributed by atoms with Crippen molar-refractivity contribution >= 4 is 96.3 Å². The Morgan fingerprint density at radius 1 is 0.248 bits per heavy atom. The molecule has 3 aromatic rings. The van der Waals surface area contributed by atoms with Crippen LogP contribution >= 0.6 is 90.4 Å². The van der Waals surface area contributed by atoms with E-state index < -0.39 is 5.97 Å². The van der Waals surface area contributed by atoms with Gasteiger partial charge in [0.15, 0.2) is 5.75 Å². The Labute approximate surface area is 863 Å². The molecule has 1 aromatic heterocycles. The fourth-order valence-corrected chi connectivity index (χ4v) is 14.5. The molecule has 3 rings (SSSR count). The van der Waals surface area contributed by atoms with Crippen molar-refractivity contribution in [3.8, 4) is 17.2 Å². The lowest BCUT2D eigenvalue weighted by Gasteiger charge is -2.15. The van der Waals surface area contributed by atoms with Gasteiger partial charge in [-0.3, -0.25) is 4.79 Å². The lowest BCUT2D eigenvalue weighted by atomic mass is 10.1. The van der Waals surface area contributed by atoms with Gasteiger partial charge in [-0.2, -0.15) is 0 Å². The standard InChI is InChI=1S/C90H157I4N3O40/c1-100-4-5-102-8-9-104-12-13-106-16-17-108-20-21-110-24-25-112-28-29-114-32-33-116-36-37-118-40-41-120-44-45-122-48-49-124-52-53-126-56-57-128-60-61-130-64-65-132-68-69-134-72-73-135-71-70-133-67-66-131-63-62-129-59-58-127-55-54-125-51-50-123-47-46-121-43-42-119-39-38-117-35-34-115-31-30-113-27-26-111-23-22-109-19-18-107-15-14-105-11-10-103-7-6-101-3-2-97-79-82(95-96-97)80-136-89-86(93)77-83(78-87(89)94)137-90-84(91)74-81(75-85(90)92)76-88(98)99/h74-75,77-79H,2-73,76,80H2,1H3,(H,98,99). The number of halogens is 4. The number of nitrogens with zero attached hydrogens (tertiary/aromatic N) is 3. The van der Waals surface area contributed by atoms with E-state index in [0.29, 0.717) is 493 Å². The number of rotatable bonds is 115. The second-order valence-corrected chi connectivity index (χ2v) is 32.6. The van der Waals surface area contributed by atoms with Crippen molar-refractivity contribution in [3.05, 3.63) is 56.0 Å². The van der Waals surface area contributed by atoms with Gasteiger partial charge in [0, 0.05) is 7.11 Å². The zero-order chi connectivity index (χ0) is 97.5. The van der Waals surface area contributed by atoms with E-state index in [1.54, 1.807) is 11.8 Å². The predicted octanol–water partition coefficient (Wildman–Crippen LogP) is 5.92. The highest BCUT2D eigenvalue weighted by Crippen LogP contribution is 2.38. The van der Waals surface area contributed by atoms with Gasteiger partial charge >= 0.3 is 5.97 Å². The van der Waals surface area contributed by atoms with Crippen LogP contribution in [0.15, 0.2) is 30.5 Å². The Morgan fingerprint density at radius 2 is 0.416 bits per heavy atom. The highest BCUT2D eigenvalue weighted by molar-refractivity contribution is 14.1. The molecule has 0 radical (unpaired) electrons. The number of carboxylic acid groups (broad SMARTS) is 1. The summed E-state index contributed by atoms with van der Waals surface area (Å²) in [6.45, 7) is 34.8. The van der Waals surface area contributed by atoms with E-state index in [9.17, 15) is 9.90 Å². The van der Waals surface area contributed by atoms with Crippen molar-refractivity contribution in [1.29, 1.82) is 0 Å². The van der Waals surface area contributed by atoms with Gasteiger partial charge in [0.25, 0.3) is 0 Å². The molecule has 0 aliphatic rings. The Balaban J connectivity index is 0.848. The monoisotopic (exact) mass is 2430 g/mol. The van der Waals surface area contributed by atoms with E-state index in [4.69, 9.17) is 180 Å². The topological polar surface area (TPSA) is 419 Å². The van der Waals surface area contributed by atoms with Crippen molar-refractivity contribution < 1.29 is 190 Å². The zero-order valence-electron chi connectivity index (χ0n) is 80.4. The number of hydrogen-bond acceptors (Lipinski definition) is 41. The highest BCUT2D eigenvalue weighted by atomic mass is 127. The second kappa shape index (κ2) is 105. The summed E-state index contributed by atoms with van der Waals surface area (Å²) < 4.78 is 216. The third-order valence-electron chi connectivity index (χ3n) is 17.1. The van der Waals surface area contributed by atoms with Gasteiger partial charge in [-0.1, -0.05) is 5.21 Å². The Kier molecular flexibility index (Phi) is 99.5. The van der Waals surface area contributed by atoms with E-state index in [2.05, 4.69) is 101 Å². The van der Waals surface area contributed by atoms with Crippen LogP contribution in [-0.2, 0) is 195 Å². The van der Waals surface area contributed by atoms with Crippen molar-refractivity contribution in [2.75, 3.05) is 476 Å². The molecule has 800 valence electrons. The summed E-state index contributed by atoms with van der Waals surface area (Å²) in [4.78, 5) is 11.2. The van der Waals surface area contributed by atoms with E-state index in [0.717, 1.165) is 25.6 Å². The molecule has 0 spiro atoms. The maximum absolute atomic E-state index is 11.2. The first kappa shape index (κ1) is 129. The smallest absolute Gasteiger partial charge is 0.307 e. The molecular formula is C90H157I4N3O40. The SMILES string of the molecule is COCCOCCOCCOCCOCCOCCOCCOCCOCCOCCOCCOCCOCCOCCOCCOCCOCCOCCOCCOCCOCCOCCOCCOCCOCCOCCOCCOCCOCCOCCOCCOCCOCCOCCOCCOCCn1cc(COc2c(I)cc(Oc3c(I)cc(CC(=O)O)cc3I)cc2I)nn1. The molecule has 0 aliphatic carbocycles. The molecule has 0 saturated heterocycles. The summed E-state index contributed by atoms with van der Waals surface area (Å²) in [6, 6.07) is 7.45. The van der Waals surface area contributed by atoms with Crippen LogP contribution in [0.3, 0.4) is 0 Å². The van der Waals surface area contributed by atoms with Crippen LogP contribution in [0.2, 0.25) is 0 Å². The predicted molar refractivity (Wildman–Crippen MR) is 530 cm³/mol. The largest absolute Gasteiger partial charge is 0.485 e. The molecular weight excluding hydrogens is 2270 g/mol. The van der Waals surface area contributed by atoms with E-state index in [-0.39, 0.29) is 13.0 Å². The number of carboxylic acids is 1. The first-order valence-corrected chi connectivity index (χ1v) is 51.2. The summed E-state index contributed by atoms with van der Waals surface area (Å²) in [7, 11) is 1.64. The Hall–Kier alpha value is -1.87. The zero-order valence-corrected chi connectivity index (χ0v) is 89.1. The number of hydrogen-bond donors (Lipinski definition) is 1. The van der Waals surface area contributed by atoms with Crippen LogP contribution < -0.4 is 9.47 Å². The Morgan fingerprint density at radius 3 is 0.591 bits per heavy atom. The summed E-state index contributed by atoms with van der Waals surface area (Å²) in [6.07, 6.45) is 1.79. The first-order chi connectivity index (χ1) is 67.8. The molecule has 0 aliphatic heterocycles. The van der Waals surface area contributed by atoms with Crippen LogP contribution in [0.1, 0.15) is 11.3 Å². The van der Waals surface area contributed by atoms with Crippen LogP contribution in [0, 0.1) is 14.3 Å². The van der Waals surface area contributed by atoms with Gasteiger partial charge in [0.2, 0.25) is 0 Å². The van der Waals surface area contributed by atoms with Gasteiger partial charge in [-0.05, 0) is 120 Å². The molecule has 2 aromatic carbocycles. The lowest BCUT2D eigenvalue weighted by molar-refractivity contribution is -0.136. The lowest BCUT2D eigenvalue weighted by Crippen LogP contribution is -2.16. The van der Waals surface area contributed by atoms with Crippen LogP contribution in [0.5, 0.6) is 17.2 Å². The van der Waals surface area contributed by atoms with Gasteiger partial charge < -0.3 is 185 Å². The fourth-order valence-electron chi connectivity index (χ4n) is 10.4. The number of ether oxygens (including phenoxy) is 38. The normalized spacial score (nSPS) is 11.7. The van der Waals surface area contributed by atoms with E-state index >= 15 is 0 Å². The average Bonchev–Trinajstić information content (AvgIpc) is 1.08. The molecule has 47 heteroatoms. The summed E-state index contributed by atoms with van der Waals surface area (Å²) >= 11 is 8.77. The van der Waals surface area contributed by atoms with Gasteiger partial charge in [0.05, 0.1) is 503 Å². The van der Waals surface area contributed by atoms with Crippen LogP contribution in [0.25, 0.3) is 0 Å². The third kappa shape index (κ3) is 90.2. The fraction of sp³-hybridized carbons (Fsp3) is 0.833.